The molecule has 1 aromatic heterocycles. The molecular formula is C15H23N3O3. The van der Waals surface area contributed by atoms with Gasteiger partial charge in [-0.1, -0.05) is 0 Å². The molecule has 1 fully saturated rings. The van der Waals surface area contributed by atoms with Gasteiger partial charge in [0.05, 0.1) is 12.1 Å². The number of hydrogen-bond acceptors (Lipinski definition) is 3. The minimum absolute atomic E-state index is 0.0174. The van der Waals surface area contributed by atoms with Crippen LogP contribution in [0, 0.1) is 18.8 Å². The summed E-state index contributed by atoms with van der Waals surface area (Å²) in [6.45, 7) is 2.64. The molecule has 0 bridgehead atoms. The zero-order valence-corrected chi connectivity index (χ0v) is 12.4. The summed E-state index contributed by atoms with van der Waals surface area (Å²) in [5.41, 5.74) is 2.26. The lowest BCUT2D eigenvalue weighted by Crippen LogP contribution is -2.35. The molecule has 1 aliphatic rings. The van der Waals surface area contributed by atoms with Crippen LogP contribution in [-0.4, -0.2) is 33.7 Å². The smallest absolute Gasteiger partial charge is 0.306 e. The van der Waals surface area contributed by atoms with Gasteiger partial charge in [-0.3, -0.25) is 14.7 Å². The molecule has 0 unspecified atom stereocenters. The fraction of sp³-hybridized carbons (Fsp3) is 0.667. The number of aryl methyl sites for hydroxylation is 2. The van der Waals surface area contributed by atoms with Crippen molar-refractivity contribution < 1.29 is 14.7 Å². The maximum atomic E-state index is 12.0. The Hall–Kier alpha value is -1.85. The standard InChI is InChI=1S/C15H23N3O3/c1-10-13(9-17-18-10)3-2-8-16-14(19)11-4-6-12(7-5-11)15(20)21/h9,11-12H,2-8H2,1H3,(H,16,19)(H,17,18)(H,20,21). The average molecular weight is 293 g/mol. The maximum Gasteiger partial charge on any atom is 0.306 e. The van der Waals surface area contributed by atoms with Gasteiger partial charge < -0.3 is 10.4 Å². The Labute approximate surface area is 124 Å². The van der Waals surface area contributed by atoms with E-state index in [1.165, 1.54) is 5.56 Å². The van der Waals surface area contributed by atoms with E-state index in [9.17, 15) is 9.59 Å². The molecule has 1 aliphatic carbocycles. The summed E-state index contributed by atoms with van der Waals surface area (Å²) in [4.78, 5) is 22.9. The predicted octanol–water partition coefficient (Wildman–Crippen LogP) is 1.66. The van der Waals surface area contributed by atoms with Gasteiger partial charge in [-0.05, 0) is 51.0 Å². The van der Waals surface area contributed by atoms with E-state index in [0.717, 1.165) is 18.5 Å². The normalized spacial score (nSPS) is 22.0. The van der Waals surface area contributed by atoms with Gasteiger partial charge in [-0.25, -0.2) is 0 Å². The Morgan fingerprint density at radius 3 is 2.57 bits per heavy atom. The number of carbonyl (C=O) groups excluding carboxylic acids is 1. The van der Waals surface area contributed by atoms with Crippen LogP contribution in [0.4, 0.5) is 0 Å². The molecule has 6 nitrogen and oxygen atoms in total. The number of aromatic amines is 1. The highest BCUT2D eigenvalue weighted by Crippen LogP contribution is 2.28. The van der Waals surface area contributed by atoms with Crippen molar-refractivity contribution in [3.63, 3.8) is 0 Å². The first-order chi connectivity index (χ1) is 10.1. The average Bonchev–Trinajstić information content (AvgIpc) is 2.89. The molecule has 0 spiro atoms. The van der Waals surface area contributed by atoms with Crippen molar-refractivity contribution in [2.24, 2.45) is 11.8 Å². The quantitative estimate of drug-likeness (QED) is 0.695. The summed E-state index contributed by atoms with van der Waals surface area (Å²) in [6.07, 6.45) is 6.20. The predicted molar refractivity (Wildman–Crippen MR) is 77.7 cm³/mol. The van der Waals surface area contributed by atoms with Crippen LogP contribution in [0.15, 0.2) is 6.20 Å². The van der Waals surface area contributed by atoms with E-state index in [4.69, 9.17) is 5.11 Å². The Kier molecular flexibility index (Phi) is 5.36. The number of nitrogens with zero attached hydrogens (tertiary/aromatic N) is 1. The van der Waals surface area contributed by atoms with Crippen molar-refractivity contribution in [1.82, 2.24) is 15.5 Å². The van der Waals surface area contributed by atoms with Gasteiger partial charge in [0.25, 0.3) is 0 Å². The number of carboxylic acid groups (broad SMARTS) is 1. The Morgan fingerprint density at radius 2 is 2.00 bits per heavy atom. The monoisotopic (exact) mass is 293 g/mol. The first-order valence-electron chi connectivity index (χ1n) is 7.57. The summed E-state index contributed by atoms with van der Waals surface area (Å²) in [5.74, 6) is -0.943. The van der Waals surface area contributed by atoms with E-state index in [2.05, 4.69) is 15.5 Å². The molecule has 0 atom stereocenters. The van der Waals surface area contributed by atoms with Crippen LogP contribution < -0.4 is 5.32 Å². The first-order valence-corrected chi connectivity index (χ1v) is 7.57. The molecule has 1 heterocycles. The molecule has 0 radical (unpaired) electrons. The van der Waals surface area contributed by atoms with E-state index in [-0.39, 0.29) is 17.7 Å². The van der Waals surface area contributed by atoms with Gasteiger partial charge in [0.2, 0.25) is 5.91 Å². The molecule has 0 aromatic carbocycles. The summed E-state index contributed by atoms with van der Waals surface area (Å²) in [7, 11) is 0. The zero-order chi connectivity index (χ0) is 15.2. The van der Waals surface area contributed by atoms with Crippen LogP contribution in [-0.2, 0) is 16.0 Å². The SMILES string of the molecule is Cc1[nH]ncc1CCCNC(=O)C1CCC(C(=O)O)CC1. The molecule has 1 aromatic rings. The lowest BCUT2D eigenvalue weighted by atomic mass is 9.81. The van der Waals surface area contributed by atoms with Crippen molar-refractivity contribution >= 4 is 11.9 Å². The van der Waals surface area contributed by atoms with Crippen molar-refractivity contribution in [2.45, 2.75) is 45.4 Å². The van der Waals surface area contributed by atoms with Crippen LogP contribution in [0.3, 0.4) is 0 Å². The third kappa shape index (κ3) is 4.31. The molecule has 1 amide bonds. The molecule has 116 valence electrons. The van der Waals surface area contributed by atoms with Crippen LogP contribution in [0.5, 0.6) is 0 Å². The van der Waals surface area contributed by atoms with Gasteiger partial charge in [0, 0.05) is 18.2 Å². The fourth-order valence-electron chi connectivity index (χ4n) is 2.87. The number of nitrogens with one attached hydrogen (secondary N) is 2. The maximum absolute atomic E-state index is 12.0. The number of aliphatic carboxylic acids is 1. The van der Waals surface area contributed by atoms with E-state index < -0.39 is 5.97 Å². The lowest BCUT2D eigenvalue weighted by Gasteiger charge is -2.25. The van der Waals surface area contributed by atoms with Crippen LogP contribution in [0.25, 0.3) is 0 Å². The third-order valence-corrected chi connectivity index (χ3v) is 4.30. The number of carboxylic acids is 1. The van der Waals surface area contributed by atoms with E-state index in [0.29, 0.717) is 32.2 Å². The molecule has 21 heavy (non-hydrogen) atoms. The molecule has 0 saturated heterocycles. The highest BCUT2D eigenvalue weighted by atomic mass is 16.4. The molecule has 0 aliphatic heterocycles. The summed E-state index contributed by atoms with van der Waals surface area (Å²) < 4.78 is 0. The van der Waals surface area contributed by atoms with Gasteiger partial charge >= 0.3 is 5.97 Å². The molecule has 2 rings (SSSR count). The number of carbonyl (C=O) groups is 2. The highest BCUT2D eigenvalue weighted by molar-refractivity contribution is 5.79. The van der Waals surface area contributed by atoms with Crippen LogP contribution >= 0.6 is 0 Å². The van der Waals surface area contributed by atoms with Crippen LogP contribution in [0.2, 0.25) is 0 Å². The van der Waals surface area contributed by atoms with Gasteiger partial charge in [-0.2, -0.15) is 5.10 Å². The summed E-state index contributed by atoms with van der Waals surface area (Å²) in [5, 5.41) is 18.8. The highest BCUT2D eigenvalue weighted by Gasteiger charge is 2.29. The topological polar surface area (TPSA) is 95.1 Å². The van der Waals surface area contributed by atoms with Gasteiger partial charge in [0.15, 0.2) is 0 Å². The van der Waals surface area contributed by atoms with E-state index in [1.54, 1.807) is 0 Å². The number of amides is 1. The van der Waals surface area contributed by atoms with Crippen LogP contribution in [0.1, 0.15) is 43.4 Å². The van der Waals surface area contributed by atoms with Gasteiger partial charge in [0.1, 0.15) is 0 Å². The molecule has 1 saturated carbocycles. The van der Waals surface area contributed by atoms with E-state index in [1.807, 2.05) is 13.1 Å². The number of rotatable bonds is 6. The van der Waals surface area contributed by atoms with Crippen molar-refractivity contribution in [3.8, 4) is 0 Å². The second-order valence-corrected chi connectivity index (χ2v) is 5.80. The van der Waals surface area contributed by atoms with Gasteiger partial charge in [-0.15, -0.1) is 0 Å². The van der Waals surface area contributed by atoms with Crippen molar-refractivity contribution in [3.05, 3.63) is 17.5 Å². The fourth-order valence-corrected chi connectivity index (χ4v) is 2.87. The third-order valence-electron chi connectivity index (χ3n) is 4.30. The van der Waals surface area contributed by atoms with Crippen molar-refractivity contribution in [1.29, 1.82) is 0 Å². The summed E-state index contributed by atoms with van der Waals surface area (Å²) >= 11 is 0. The number of H-pyrrole nitrogens is 1. The summed E-state index contributed by atoms with van der Waals surface area (Å²) in [6, 6.07) is 0. The van der Waals surface area contributed by atoms with E-state index >= 15 is 0 Å². The molecule has 3 N–H and O–H groups in total. The number of aromatic nitrogens is 2. The lowest BCUT2D eigenvalue weighted by molar-refractivity contribution is -0.144. The molecular weight excluding hydrogens is 270 g/mol. The zero-order valence-electron chi connectivity index (χ0n) is 12.4. The minimum atomic E-state index is -0.732. The second kappa shape index (κ2) is 7.24. The Morgan fingerprint density at radius 1 is 1.33 bits per heavy atom. The Bertz CT molecular complexity index is 490. The number of hydrogen-bond donors (Lipinski definition) is 3. The van der Waals surface area contributed by atoms with Crippen molar-refractivity contribution in [2.75, 3.05) is 6.54 Å². The second-order valence-electron chi connectivity index (χ2n) is 5.80. The Balaban J connectivity index is 1.64. The molecule has 6 heteroatoms. The largest absolute Gasteiger partial charge is 0.481 e. The first kappa shape index (κ1) is 15.5. The minimum Gasteiger partial charge on any atom is -0.481 e.